The van der Waals surface area contributed by atoms with Gasteiger partial charge in [0.1, 0.15) is 5.69 Å². The second kappa shape index (κ2) is 7.59. The van der Waals surface area contributed by atoms with Gasteiger partial charge in [-0.15, -0.1) is 11.3 Å². The number of nitrogens with zero attached hydrogens (tertiary/aromatic N) is 2. The van der Waals surface area contributed by atoms with Crippen molar-refractivity contribution in [3.63, 3.8) is 0 Å². The summed E-state index contributed by atoms with van der Waals surface area (Å²) in [4.78, 5) is 33.0. The lowest BCUT2D eigenvalue weighted by Crippen LogP contribution is -2.29. The molecule has 144 valence electrons. The minimum Gasteiger partial charge on any atom is -0.462 e. The molecular weight excluding hydrogens is 374 g/mol. The van der Waals surface area contributed by atoms with Crippen LogP contribution in [0.4, 0.5) is 5.69 Å². The van der Waals surface area contributed by atoms with E-state index in [0.29, 0.717) is 27.7 Å². The molecule has 4 rings (SSSR count). The summed E-state index contributed by atoms with van der Waals surface area (Å²) in [6.07, 6.45) is 3.62. The number of furan rings is 1. The lowest BCUT2D eigenvalue weighted by molar-refractivity contribution is 0.0793. The molecule has 28 heavy (non-hydrogen) atoms. The van der Waals surface area contributed by atoms with Gasteiger partial charge in [-0.3, -0.25) is 9.59 Å². The third-order valence-corrected chi connectivity index (χ3v) is 5.86. The summed E-state index contributed by atoms with van der Waals surface area (Å²) >= 11 is 1.40. The molecule has 1 saturated heterocycles. The van der Waals surface area contributed by atoms with E-state index in [9.17, 15) is 9.59 Å². The van der Waals surface area contributed by atoms with Gasteiger partial charge in [0.2, 0.25) is 0 Å². The number of thiazole rings is 1. The van der Waals surface area contributed by atoms with Gasteiger partial charge in [-0.05, 0) is 50.5 Å². The lowest BCUT2D eigenvalue weighted by atomic mass is 10.0. The van der Waals surface area contributed by atoms with E-state index in [4.69, 9.17) is 4.42 Å². The summed E-state index contributed by atoms with van der Waals surface area (Å²) in [5, 5.41) is 3.56. The van der Waals surface area contributed by atoms with Crippen molar-refractivity contribution in [3.05, 3.63) is 58.3 Å². The van der Waals surface area contributed by atoms with E-state index in [1.807, 2.05) is 36.9 Å². The summed E-state index contributed by atoms with van der Waals surface area (Å²) in [6.45, 7) is 5.27. The first-order valence-electron chi connectivity index (χ1n) is 9.26. The molecule has 0 aliphatic carbocycles. The van der Waals surface area contributed by atoms with Gasteiger partial charge in [-0.2, -0.15) is 0 Å². The van der Waals surface area contributed by atoms with Crippen molar-refractivity contribution >= 4 is 28.8 Å². The highest BCUT2D eigenvalue weighted by molar-refractivity contribution is 7.15. The van der Waals surface area contributed by atoms with Crippen LogP contribution in [0.15, 0.2) is 41.0 Å². The Morgan fingerprint density at radius 2 is 1.93 bits per heavy atom. The van der Waals surface area contributed by atoms with Crippen LogP contribution < -0.4 is 5.32 Å². The fraction of sp³-hybridized carbons (Fsp3) is 0.286. The smallest absolute Gasteiger partial charge is 0.275 e. The Labute approximate surface area is 167 Å². The third-order valence-electron chi connectivity index (χ3n) is 4.87. The van der Waals surface area contributed by atoms with E-state index in [-0.39, 0.29) is 11.8 Å². The van der Waals surface area contributed by atoms with Gasteiger partial charge < -0.3 is 14.6 Å². The number of likely N-dealkylation sites (tertiary alicyclic amines) is 1. The minimum atomic E-state index is -0.326. The van der Waals surface area contributed by atoms with Crippen LogP contribution in [0.1, 0.15) is 44.1 Å². The number of amides is 2. The Hall–Kier alpha value is -2.93. The van der Waals surface area contributed by atoms with Crippen molar-refractivity contribution in [2.24, 2.45) is 0 Å². The molecule has 3 aromatic rings. The number of carbonyl (C=O) groups is 2. The third kappa shape index (κ3) is 3.45. The van der Waals surface area contributed by atoms with Crippen molar-refractivity contribution in [2.75, 3.05) is 18.4 Å². The largest absolute Gasteiger partial charge is 0.462 e. The number of aryl methyl sites for hydroxylation is 2. The molecule has 0 saturated carbocycles. The average molecular weight is 395 g/mol. The zero-order chi connectivity index (χ0) is 19.7. The predicted octanol–water partition coefficient (Wildman–Crippen LogP) is 4.51. The molecule has 0 unspecified atom stereocenters. The molecule has 0 radical (unpaired) electrons. The summed E-state index contributed by atoms with van der Waals surface area (Å²) in [6, 6.07) is 9.10. The SMILES string of the molecule is Cc1cccc(NC(=O)c2nc(-c3ccco3)sc2C)c1C(=O)N1CCCC1. The normalized spacial score (nSPS) is 13.7. The first kappa shape index (κ1) is 18.4. The van der Waals surface area contributed by atoms with Gasteiger partial charge >= 0.3 is 0 Å². The number of nitrogens with one attached hydrogen (secondary N) is 1. The molecule has 1 fully saturated rings. The molecule has 1 aliphatic rings. The van der Waals surface area contributed by atoms with Crippen LogP contribution in [0, 0.1) is 13.8 Å². The second-order valence-corrected chi connectivity index (χ2v) is 8.06. The van der Waals surface area contributed by atoms with E-state index < -0.39 is 0 Å². The van der Waals surface area contributed by atoms with Crippen molar-refractivity contribution in [1.82, 2.24) is 9.88 Å². The van der Waals surface area contributed by atoms with E-state index in [0.717, 1.165) is 36.4 Å². The van der Waals surface area contributed by atoms with Crippen LogP contribution in [-0.4, -0.2) is 34.8 Å². The standard InChI is InChI=1S/C21H21N3O3S/c1-13-7-5-8-15(17(13)21(26)24-10-3-4-11-24)22-19(25)18-14(2)28-20(23-18)16-9-6-12-27-16/h5-9,12H,3-4,10-11H2,1-2H3,(H,22,25). The van der Waals surface area contributed by atoms with Gasteiger partial charge in [0.05, 0.1) is 17.5 Å². The van der Waals surface area contributed by atoms with Crippen LogP contribution in [0.5, 0.6) is 0 Å². The Morgan fingerprint density at radius 3 is 2.64 bits per heavy atom. The maximum absolute atomic E-state index is 13.0. The molecule has 6 nitrogen and oxygen atoms in total. The van der Waals surface area contributed by atoms with Crippen LogP contribution in [0.3, 0.4) is 0 Å². The van der Waals surface area contributed by atoms with Crippen molar-refractivity contribution in [2.45, 2.75) is 26.7 Å². The number of anilines is 1. The number of rotatable bonds is 4. The molecule has 0 spiro atoms. The van der Waals surface area contributed by atoms with Gasteiger partial charge in [0.15, 0.2) is 10.8 Å². The monoisotopic (exact) mass is 395 g/mol. The molecule has 1 N–H and O–H groups in total. The zero-order valence-electron chi connectivity index (χ0n) is 15.8. The Balaban J connectivity index is 1.62. The molecule has 7 heteroatoms. The minimum absolute atomic E-state index is 0.0304. The number of benzene rings is 1. The molecule has 2 aromatic heterocycles. The van der Waals surface area contributed by atoms with Gasteiger partial charge in [-0.1, -0.05) is 12.1 Å². The van der Waals surface area contributed by atoms with E-state index in [2.05, 4.69) is 10.3 Å². The topological polar surface area (TPSA) is 75.4 Å². The maximum Gasteiger partial charge on any atom is 0.275 e. The molecule has 0 atom stereocenters. The van der Waals surface area contributed by atoms with Gasteiger partial charge in [0, 0.05) is 18.0 Å². The van der Waals surface area contributed by atoms with Gasteiger partial charge in [-0.25, -0.2) is 4.98 Å². The Kier molecular flexibility index (Phi) is 5.00. The van der Waals surface area contributed by atoms with E-state index in [1.165, 1.54) is 11.3 Å². The number of carbonyl (C=O) groups excluding carboxylic acids is 2. The zero-order valence-corrected chi connectivity index (χ0v) is 16.6. The van der Waals surface area contributed by atoms with E-state index >= 15 is 0 Å². The molecule has 1 aliphatic heterocycles. The Morgan fingerprint density at radius 1 is 1.14 bits per heavy atom. The highest BCUT2D eigenvalue weighted by Crippen LogP contribution is 2.29. The summed E-state index contributed by atoms with van der Waals surface area (Å²) < 4.78 is 5.38. The van der Waals surface area contributed by atoms with Crippen LogP contribution in [-0.2, 0) is 0 Å². The molecular formula is C21H21N3O3S. The maximum atomic E-state index is 13.0. The predicted molar refractivity (Wildman–Crippen MR) is 109 cm³/mol. The van der Waals surface area contributed by atoms with Crippen LogP contribution in [0.2, 0.25) is 0 Å². The van der Waals surface area contributed by atoms with Gasteiger partial charge in [0.25, 0.3) is 11.8 Å². The van der Waals surface area contributed by atoms with Crippen molar-refractivity contribution in [3.8, 4) is 10.8 Å². The van der Waals surface area contributed by atoms with Crippen LogP contribution >= 0.6 is 11.3 Å². The first-order valence-corrected chi connectivity index (χ1v) is 10.1. The molecule has 2 amide bonds. The van der Waals surface area contributed by atoms with Crippen molar-refractivity contribution in [1.29, 1.82) is 0 Å². The highest BCUT2D eigenvalue weighted by Gasteiger charge is 2.25. The fourth-order valence-electron chi connectivity index (χ4n) is 3.43. The molecule has 0 bridgehead atoms. The average Bonchev–Trinajstić information content (AvgIpc) is 3.42. The van der Waals surface area contributed by atoms with Crippen LogP contribution in [0.25, 0.3) is 10.8 Å². The van der Waals surface area contributed by atoms with Crippen molar-refractivity contribution < 1.29 is 14.0 Å². The molecule has 3 heterocycles. The number of hydrogen-bond donors (Lipinski definition) is 1. The number of hydrogen-bond acceptors (Lipinski definition) is 5. The summed E-state index contributed by atoms with van der Waals surface area (Å²) in [5.74, 6) is 0.275. The lowest BCUT2D eigenvalue weighted by Gasteiger charge is -2.19. The first-order chi connectivity index (χ1) is 13.5. The molecule has 1 aromatic carbocycles. The Bertz CT molecular complexity index is 1020. The summed E-state index contributed by atoms with van der Waals surface area (Å²) in [7, 11) is 0. The quantitative estimate of drug-likeness (QED) is 0.705. The van der Waals surface area contributed by atoms with E-state index in [1.54, 1.807) is 18.4 Å². The fourth-order valence-corrected chi connectivity index (χ4v) is 4.31. The highest BCUT2D eigenvalue weighted by atomic mass is 32.1. The number of aromatic nitrogens is 1. The second-order valence-electron chi connectivity index (χ2n) is 6.85. The summed E-state index contributed by atoms with van der Waals surface area (Å²) in [5.41, 5.74) is 2.27.